The molecule has 384 valence electrons. The highest BCUT2D eigenvalue weighted by Gasteiger charge is 2.19. The molecule has 0 heterocycles. The summed E-state index contributed by atoms with van der Waals surface area (Å²) in [7, 11) is 0. The largest absolute Gasteiger partial charge is 0.462 e. The Morgan fingerprint density at radius 3 is 1.15 bits per heavy atom. The van der Waals surface area contributed by atoms with Crippen molar-refractivity contribution < 1.29 is 28.6 Å². The third-order valence-corrected chi connectivity index (χ3v) is 11.3. The van der Waals surface area contributed by atoms with Gasteiger partial charge in [0.2, 0.25) is 0 Å². The molecule has 0 aliphatic carbocycles. The first-order valence-electron chi connectivity index (χ1n) is 27.6. The zero-order valence-corrected chi connectivity index (χ0v) is 43.8. The molecule has 0 bridgehead atoms. The Morgan fingerprint density at radius 1 is 0.324 bits per heavy atom. The third-order valence-electron chi connectivity index (χ3n) is 11.3. The van der Waals surface area contributed by atoms with Crippen LogP contribution in [0.15, 0.2) is 122 Å². The summed E-state index contributed by atoms with van der Waals surface area (Å²) in [4.78, 5) is 38.1. The van der Waals surface area contributed by atoms with Gasteiger partial charge < -0.3 is 14.2 Å². The van der Waals surface area contributed by atoms with Gasteiger partial charge in [0, 0.05) is 19.3 Å². The maximum absolute atomic E-state index is 12.8. The van der Waals surface area contributed by atoms with Crippen LogP contribution in [-0.2, 0) is 28.6 Å². The molecular weight excluding hydrogens is 841 g/mol. The second kappa shape index (κ2) is 55.4. The lowest BCUT2D eigenvalue weighted by Gasteiger charge is -2.18. The summed E-state index contributed by atoms with van der Waals surface area (Å²) in [6.07, 6.45) is 76.2. The quantitative estimate of drug-likeness (QED) is 0.0199. The van der Waals surface area contributed by atoms with Gasteiger partial charge in [0.05, 0.1) is 0 Å². The first kappa shape index (κ1) is 63.8. The van der Waals surface area contributed by atoms with Crippen molar-refractivity contribution in [1.82, 2.24) is 0 Å². The van der Waals surface area contributed by atoms with Crippen molar-refractivity contribution in [3.63, 3.8) is 0 Å². The maximum atomic E-state index is 12.8. The van der Waals surface area contributed by atoms with Gasteiger partial charge in [-0.15, -0.1) is 0 Å². The average molecular weight is 941 g/mol. The fraction of sp³-hybridized carbons (Fsp3) is 0.629. The van der Waals surface area contributed by atoms with E-state index < -0.39 is 6.10 Å². The topological polar surface area (TPSA) is 78.9 Å². The smallest absolute Gasteiger partial charge is 0.306 e. The van der Waals surface area contributed by atoms with Crippen molar-refractivity contribution >= 4 is 17.9 Å². The van der Waals surface area contributed by atoms with Crippen molar-refractivity contribution in [2.24, 2.45) is 0 Å². The Kier molecular flexibility index (Phi) is 52.0. The number of hydrogen-bond acceptors (Lipinski definition) is 6. The summed E-state index contributed by atoms with van der Waals surface area (Å²) >= 11 is 0. The molecule has 0 aliphatic heterocycles. The SMILES string of the molecule is CC/C=C/C/C=C/C/C=C/C/C=C/CCCCCCCCC(=O)OCC(COC(=O)CC/C=C/C/C=C/CCCCCCCC)OC(=O)CCCCCCC/C=C/C=C/C=C/C=C/CCCCC. The fourth-order valence-corrected chi connectivity index (χ4v) is 7.14. The summed E-state index contributed by atoms with van der Waals surface area (Å²) < 4.78 is 16.7. The normalized spacial score (nSPS) is 13.0. The number of unbranched alkanes of at least 4 members (excludes halogenated alkanes) is 20. The minimum absolute atomic E-state index is 0.116. The molecule has 6 nitrogen and oxygen atoms in total. The Balaban J connectivity index is 4.53. The average Bonchev–Trinajstić information content (AvgIpc) is 3.34. The van der Waals surface area contributed by atoms with E-state index >= 15 is 0 Å². The molecule has 0 aromatic heterocycles. The van der Waals surface area contributed by atoms with E-state index in [1.54, 1.807) is 0 Å². The molecule has 1 unspecified atom stereocenters. The maximum Gasteiger partial charge on any atom is 0.306 e. The summed E-state index contributed by atoms with van der Waals surface area (Å²) in [5.41, 5.74) is 0. The molecule has 0 aliphatic rings. The number of rotatable bonds is 48. The summed E-state index contributed by atoms with van der Waals surface area (Å²) in [6.45, 7) is 6.38. The Hall–Kier alpha value is -4.19. The standard InChI is InChI=1S/C62H100O6/c1-4-7-10-13-16-19-22-25-27-29-31-33-34-37-40-43-46-49-52-55-61(64)67-58-59(57-66-60(63)54-51-48-45-42-39-36-24-21-18-15-12-9-6-3)68-62(65)56-53-50-47-44-41-38-35-32-30-28-26-23-20-17-14-11-8-5-2/h7,10,16-17,19-20,23,25-28,30-33,35-36,39,45,48,59H,4-6,8-9,11-15,18,21-22,24,29,34,37-38,40-44,46-47,49-58H2,1-3H3/b10-7+,19-16+,20-17+,26-23+,27-25+,30-28+,33-31+,35-32+,39-36+,48-45+. The molecule has 0 aromatic rings. The lowest BCUT2D eigenvalue weighted by Crippen LogP contribution is -2.30. The molecule has 0 rings (SSSR count). The van der Waals surface area contributed by atoms with Crippen LogP contribution in [0.5, 0.6) is 0 Å². The van der Waals surface area contributed by atoms with Crippen LogP contribution < -0.4 is 0 Å². The first-order chi connectivity index (χ1) is 33.5. The summed E-state index contributed by atoms with van der Waals surface area (Å²) in [6, 6.07) is 0. The van der Waals surface area contributed by atoms with Gasteiger partial charge in [-0.25, -0.2) is 0 Å². The number of carbonyl (C=O) groups is 3. The van der Waals surface area contributed by atoms with E-state index in [0.717, 1.165) is 116 Å². The van der Waals surface area contributed by atoms with Gasteiger partial charge in [-0.05, 0) is 103 Å². The predicted octanol–water partition coefficient (Wildman–Crippen LogP) is 18.5. The van der Waals surface area contributed by atoms with E-state index in [-0.39, 0.29) is 44.0 Å². The number of esters is 3. The number of carbonyl (C=O) groups excluding carboxylic acids is 3. The van der Waals surface area contributed by atoms with E-state index in [0.29, 0.717) is 12.8 Å². The predicted molar refractivity (Wildman–Crippen MR) is 293 cm³/mol. The molecule has 0 saturated heterocycles. The minimum Gasteiger partial charge on any atom is -0.462 e. The molecule has 1 atom stereocenters. The van der Waals surface area contributed by atoms with Gasteiger partial charge in [0.15, 0.2) is 6.10 Å². The van der Waals surface area contributed by atoms with E-state index in [9.17, 15) is 14.4 Å². The lowest BCUT2D eigenvalue weighted by atomic mass is 10.1. The van der Waals surface area contributed by atoms with E-state index in [2.05, 4.69) is 136 Å². The van der Waals surface area contributed by atoms with Gasteiger partial charge >= 0.3 is 17.9 Å². The van der Waals surface area contributed by atoms with Crippen molar-refractivity contribution in [3.05, 3.63) is 122 Å². The second-order valence-electron chi connectivity index (χ2n) is 17.8. The molecule has 68 heavy (non-hydrogen) atoms. The Labute approximate surface area is 418 Å². The van der Waals surface area contributed by atoms with Gasteiger partial charge in [-0.1, -0.05) is 232 Å². The molecule has 6 heteroatoms. The number of hydrogen-bond donors (Lipinski definition) is 0. The molecule has 0 radical (unpaired) electrons. The lowest BCUT2D eigenvalue weighted by molar-refractivity contribution is -0.166. The van der Waals surface area contributed by atoms with Crippen LogP contribution in [0.25, 0.3) is 0 Å². The van der Waals surface area contributed by atoms with Crippen molar-refractivity contribution in [3.8, 4) is 0 Å². The van der Waals surface area contributed by atoms with Gasteiger partial charge in [0.25, 0.3) is 0 Å². The number of allylic oxidation sites excluding steroid dienone is 20. The van der Waals surface area contributed by atoms with Gasteiger partial charge in [0.1, 0.15) is 13.2 Å². The van der Waals surface area contributed by atoms with Crippen LogP contribution in [0.3, 0.4) is 0 Å². The van der Waals surface area contributed by atoms with E-state index in [4.69, 9.17) is 14.2 Å². The van der Waals surface area contributed by atoms with Crippen LogP contribution in [0.1, 0.15) is 233 Å². The molecule has 0 N–H and O–H groups in total. The molecule has 0 aromatic carbocycles. The fourth-order valence-electron chi connectivity index (χ4n) is 7.14. The van der Waals surface area contributed by atoms with Crippen molar-refractivity contribution in [1.29, 1.82) is 0 Å². The van der Waals surface area contributed by atoms with Gasteiger partial charge in [-0.3, -0.25) is 14.4 Å². The molecule has 0 saturated carbocycles. The van der Waals surface area contributed by atoms with Crippen molar-refractivity contribution in [2.45, 2.75) is 239 Å². The van der Waals surface area contributed by atoms with Crippen LogP contribution in [0.4, 0.5) is 0 Å². The highest BCUT2D eigenvalue weighted by Crippen LogP contribution is 2.13. The highest BCUT2D eigenvalue weighted by molar-refractivity contribution is 5.71. The molecule has 0 fully saturated rings. The van der Waals surface area contributed by atoms with E-state index in [1.807, 2.05) is 6.08 Å². The summed E-state index contributed by atoms with van der Waals surface area (Å²) in [5, 5.41) is 0. The molecular formula is C62H100O6. The molecule has 0 amide bonds. The number of ether oxygens (including phenoxy) is 3. The highest BCUT2D eigenvalue weighted by atomic mass is 16.6. The Morgan fingerprint density at radius 2 is 0.662 bits per heavy atom. The third kappa shape index (κ3) is 52.8. The monoisotopic (exact) mass is 941 g/mol. The van der Waals surface area contributed by atoms with Crippen LogP contribution in [-0.4, -0.2) is 37.2 Å². The summed E-state index contributed by atoms with van der Waals surface area (Å²) in [5.74, 6) is -1.03. The van der Waals surface area contributed by atoms with Crippen LogP contribution >= 0.6 is 0 Å². The van der Waals surface area contributed by atoms with Gasteiger partial charge in [-0.2, -0.15) is 0 Å². The first-order valence-corrected chi connectivity index (χ1v) is 27.6. The molecule has 0 spiro atoms. The van der Waals surface area contributed by atoms with Crippen molar-refractivity contribution in [2.75, 3.05) is 13.2 Å². The zero-order chi connectivity index (χ0) is 49.3. The zero-order valence-electron chi connectivity index (χ0n) is 43.8. The van der Waals surface area contributed by atoms with E-state index in [1.165, 1.54) is 70.6 Å². The second-order valence-corrected chi connectivity index (χ2v) is 17.8. The van der Waals surface area contributed by atoms with Crippen LogP contribution in [0.2, 0.25) is 0 Å². The Bertz CT molecular complexity index is 1450. The minimum atomic E-state index is -0.823. The van der Waals surface area contributed by atoms with Crippen LogP contribution in [0, 0.1) is 0 Å².